The van der Waals surface area contributed by atoms with Gasteiger partial charge in [-0.25, -0.2) is 9.59 Å². The molecule has 4 fully saturated rings. The fraction of sp³-hybridized carbons (Fsp3) is 0.745. The summed E-state index contributed by atoms with van der Waals surface area (Å²) in [6, 6.07) is 0. The van der Waals surface area contributed by atoms with Gasteiger partial charge in [0.05, 0.1) is 38.5 Å². The van der Waals surface area contributed by atoms with E-state index in [0.717, 1.165) is 63.5 Å². The van der Waals surface area contributed by atoms with Crippen LogP contribution in [0.25, 0.3) is 0 Å². The zero-order valence-electron chi connectivity index (χ0n) is 42.8. The van der Waals surface area contributed by atoms with Gasteiger partial charge in [-0.1, -0.05) is 0 Å². The van der Waals surface area contributed by atoms with E-state index in [1.54, 1.807) is 11.8 Å². The molecule has 0 spiro atoms. The molecule has 2 heterocycles. The number of carbonyl (C=O) groups excluding carboxylic acids is 12. The number of thioether (sulfide) groups is 5. The van der Waals surface area contributed by atoms with Gasteiger partial charge in [0, 0.05) is 103 Å². The van der Waals surface area contributed by atoms with E-state index in [1.807, 2.05) is 53.3 Å². The van der Waals surface area contributed by atoms with Gasteiger partial charge in [-0.15, -0.1) is 10.1 Å². The minimum absolute atomic E-state index is 0.00940. The zero-order valence-corrected chi connectivity index (χ0v) is 46.8. The summed E-state index contributed by atoms with van der Waals surface area (Å²) in [6.07, 6.45) is 9.26. The fourth-order valence-electron chi connectivity index (χ4n) is 6.55. The predicted molar refractivity (Wildman–Crippen MR) is 283 cm³/mol. The van der Waals surface area contributed by atoms with Crippen molar-refractivity contribution in [2.24, 2.45) is 11.5 Å². The summed E-state index contributed by atoms with van der Waals surface area (Å²) in [5, 5.41) is 6.67. The summed E-state index contributed by atoms with van der Waals surface area (Å²) >= 11 is 9.59. The van der Waals surface area contributed by atoms with Crippen LogP contribution in [-0.2, 0) is 86.2 Å². The molecule has 4 unspecified atom stereocenters. The molecule has 4 aliphatic rings. The average Bonchev–Trinajstić information content (AvgIpc) is 3.86. The normalized spacial score (nSPS) is 18.5. The van der Waals surface area contributed by atoms with Crippen LogP contribution in [0.1, 0.15) is 116 Å². The number of nitrogens with two attached hydrogens (primary N) is 2. The second-order valence-corrected chi connectivity index (χ2v) is 22.8. The van der Waals surface area contributed by atoms with E-state index < -0.39 is 72.3 Å². The minimum Gasteiger partial charge on any atom is -0.462 e. The monoisotopic (exact) mass is 1160 g/mol. The number of imide groups is 2. The molecule has 0 aromatic heterocycles. The Hall–Kier alpha value is -4.09. The van der Waals surface area contributed by atoms with Crippen molar-refractivity contribution in [1.82, 2.24) is 15.4 Å². The smallest absolute Gasteiger partial charge is 0.333 e. The van der Waals surface area contributed by atoms with Gasteiger partial charge < -0.3 is 45.4 Å². The van der Waals surface area contributed by atoms with Gasteiger partial charge in [-0.05, 0) is 50.4 Å². The quantitative estimate of drug-likeness (QED) is 0.0355. The lowest BCUT2D eigenvalue weighted by molar-refractivity contribution is -0.197. The van der Waals surface area contributed by atoms with Gasteiger partial charge in [0.2, 0.25) is 5.91 Å². The highest BCUT2D eigenvalue weighted by molar-refractivity contribution is 8.04. The van der Waals surface area contributed by atoms with Crippen molar-refractivity contribution in [3.63, 3.8) is 0 Å². The van der Waals surface area contributed by atoms with E-state index in [4.69, 9.17) is 30.4 Å². The van der Waals surface area contributed by atoms with E-state index in [0.29, 0.717) is 23.1 Å². The third kappa shape index (κ3) is 29.9. The third-order valence-corrected chi connectivity index (χ3v) is 17.5. The number of Topliss-reactive ketones (excluding diaryl/α,β-unsaturated/α-hetero) is 1. The van der Waals surface area contributed by atoms with Gasteiger partial charge in [-0.2, -0.15) is 58.8 Å². The van der Waals surface area contributed by atoms with Crippen LogP contribution >= 0.6 is 58.8 Å². The van der Waals surface area contributed by atoms with Crippen molar-refractivity contribution < 1.29 is 86.2 Å². The number of ether oxygens (including phenoxy) is 4. The number of nitrogens with one attached hydrogen (secondary N) is 1. The highest BCUT2D eigenvalue weighted by Crippen LogP contribution is 2.40. The first-order valence-electron chi connectivity index (χ1n) is 24.8. The van der Waals surface area contributed by atoms with Gasteiger partial charge in [0.1, 0.15) is 32.2 Å². The van der Waals surface area contributed by atoms with Crippen LogP contribution in [-0.4, -0.2) is 184 Å². The molecule has 5 amide bonds. The first-order chi connectivity index (χ1) is 36.0. The standard InChI is InChI=1S/C21H35NO6S3.C18H20N2O12.C8H18N2S2/c1-29-15-11-22-19(24)8-10-21(26)28-13-12-27-20(25)9-5-16(23)4-3-14-31-18-7-6-17(18)30-2;21-11-1-2-12(22)19(11)31-17(27)7-5-15(25)29-9-10-30-16(26)6-8-18(28)32-20-13(23)3-4-14(20)24;9-3-5-11-7-1-2-8(7)12-6-4-10/h17-18H,3-15H2,1-2H3,(H,22,24);1-10H2;7-8H,1-6,9-10H2. The van der Waals surface area contributed by atoms with Crippen molar-refractivity contribution in [3.05, 3.63) is 0 Å². The number of hydrogen-bond acceptors (Lipinski definition) is 25. The lowest BCUT2D eigenvalue weighted by Gasteiger charge is -2.35. The molecule has 2 saturated heterocycles. The Morgan fingerprint density at radius 1 is 0.480 bits per heavy atom. The number of ketones is 1. The molecule has 0 aromatic rings. The van der Waals surface area contributed by atoms with Crippen LogP contribution in [0.5, 0.6) is 0 Å². The van der Waals surface area contributed by atoms with Gasteiger partial charge in [-0.3, -0.25) is 47.9 Å². The SMILES string of the molecule is CSCCNC(=O)CCC(=O)OCCOC(=O)CCC(=O)CCCSC1CCC1SC.NCCSC1CCC1SCCN.O=C(CCC(=O)ON1C(=O)CCC1=O)OCCOC(=O)CCC(=O)ON1C(=O)CCC1=O. The molecule has 424 valence electrons. The van der Waals surface area contributed by atoms with Crippen LogP contribution in [0, 0.1) is 0 Å². The maximum absolute atomic E-state index is 11.9. The maximum Gasteiger partial charge on any atom is 0.333 e. The zero-order chi connectivity index (χ0) is 55.4. The highest BCUT2D eigenvalue weighted by atomic mass is 32.2. The number of amides is 5. The number of hydroxylamine groups is 4. The van der Waals surface area contributed by atoms with Crippen LogP contribution in [0.15, 0.2) is 0 Å². The Labute approximate surface area is 458 Å². The number of rotatable bonds is 35. The summed E-state index contributed by atoms with van der Waals surface area (Å²) in [4.78, 5) is 147. The number of esters is 4. The summed E-state index contributed by atoms with van der Waals surface area (Å²) < 4.78 is 19.4. The van der Waals surface area contributed by atoms with Crippen LogP contribution in [0.3, 0.4) is 0 Å². The van der Waals surface area contributed by atoms with E-state index >= 15 is 0 Å². The summed E-state index contributed by atoms with van der Waals surface area (Å²) in [6.45, 7) is 1.47. The maximum atomic E-state index is 11.9. The van der Waals surface area contributed by atoms with Crippen molar-refractivity contribution in [2.45, 2.75) is 137 Å². The average molecular weight is 1160 g/mol. The van der Waals surface area contributed by atoms with Crippen molar-refractivity contribution >= 4 is 130 Å². The van der Waals surface area contributed by atoms with Crippen LogP contribution in [0.2, 0.25) is 0 Å². The van der Waals surface area contributed by atoms with E-state index in [-0.39, 0.29) is 102 Å². The minimum atomic E-state index is -0.957. The fourth-order valence-corrected chi connectivity index (χ4v) is 12.2. The molecule has 0 bridgehead atoms. The molecule has 23 nitrogen and oxygen atoms in total. The Kier molecular flexibility index (Phi) is 35.9. The Bertz CT molecular complexity index is 1790. The first kappa shape index (κ1) is 67.0. The van der Waals surface area contributed by atoms with Gasteiger partial charge >= 0.3 is 35.8 Å². The Morgan fingerprint density at radius 3 is 1.21 bits per heavy atom. The first-order valence-corrected chi connectivity index (χ1v) is 30.6. The number of carbonyl (C=O) groups is 12. The number of hydrogen-bond donors (Lipinski definition) is 3. The second kappa shape index (κ2) is 40.2. The topological polar surface area (TPSA) is 331 Å². The van der Waals surface area contributed by atoms with Crippen LogP contribution < -0.4 is 16.8 Å². The van der Waals surface area contributed by atoms with Crippen molar-refractivity contribution in [1.29, 1.82) is 0 Å². The summed E-state index contributed by atoms with van der Waals surface area (Å²) in [5.41, 5.74) is 10.9. The molecule has 75 heavy (non-hydrogen) atoms. The molecular weight excluding hydrogens is 1080 g/mol. The summed E-state index contributed by atoms with van der Waals surface area (Å²) in [5.74, 6) is -3.12. The molecule has 0 aromatic carbocycles. The van der Waals surface area contributed by atoms with Gasteiger partial charge in [0.25, 0.3) is 23.6 Å². The van der Waals surface area contributed by atoms with Crippen LogP contribution in [0.4, 0.5) is 0 Å². The number of nitrogens with zero attached hydrogens (tertiary/aromatic N) is 2. The molecule has 5 N–H and O–H groups in total. The van der Waals surface area contributed by atoms with Gasteiger partial charge in [0.15, 0.2) is 0 Å². The lowest BCUT2D eigenvalue weighted by Crippen LogP contribution is -2.33. The Balaban J connectivity index is 0.000000421. The summed E-state index contributed by atoms with van der Waals surface area (Å²) in [7, 11) is 0. The molecule has 2 saturated carbocycles. The molecule has 2 aliphatic carbocycles. The Morgan fingerprint density at radius 2 is 0.840 bits per heavy atom. The molecule has 28 heteroatoms. The largest absolute Gasteiger partial charge is 0.462 e. The molecule has 4 atom stereocenters. The highest BCUT2D eigenvalue weighted by Gasteiger charge is 2.35. The predicted octanol–water partition coefficient (Wildman–Crippen LogP) is 2.84. The molecule has 4 rings (SSSR count). The van der Waals surface area contributed by atoms with E-state index in [9.17, 15) is 57.5 Å². The second-order valence-electron chi connectivity index (χ2n) is 16.7. The third-order valence-electron chi connectivity index (χ3n) is 10.9. The van der Waals surface area contributed by atoms with E-state index in [1.165, 1.54) is 25.7 Å². The van der Waals surface area contributed by atoms with E-state index in [2.05, 4.69) is 21.2 Å². The van der Waals surface area contributed by atoms with Crippen molar-refractivity contribution in [2.75, 3.05) is 81.6 Å². The van der Waals surface area contributed by atoms with Crippen molar-refractivity contribution in [3.8, 4) is 0 Å². The molecular formula is C47H73N5O18S5. The molecule has 0 radical (unpaired) electrons. The molecule has 2 aliphatic heterocycles. The lowest BCUT2D eigenvalue weighted by atomic mass is 9.99.